The van der Waals surface area contributed by atoms with E-state index >= 15 is 0 Å². The molecule has 1 heterocycles. The quantitative estimate of drug-likeness (QED) is 0.343. The fourth-order valence-corrected chi connectivity index (χ4v) is 2.99. The third kappa shape index (κ3) is 9.66. The highest BCUT2D eigenvalue weighted by Crippen LogP contribution is 2.12. The van der Waals surface area contributed by atoms with Crippen molar-refractivity contribution in [2.24, 2.45) is 0 Å². The van der Waals surface area contributed by atoms with E-state index in [1.165, 1.54) is 0 Å². The van der Waals surface area contributed by atoms with Crippen molar-refractivity contribution < 1.29 is 14.3 Å². The molecule has 148 valence electrons. The average molecular weight is 365 g/mol. The van der Waals surface area contributed by atoms with Crippen molar-refractivity contribution in [1.82, 2.24) is 10.2 Å². The summed E-state index contributed by atoms with van der Waals surface area (Å²) in [4.78, 5) is 13.9. The Labute approximate surface area is 159 Å². The number of rotatable bonds is 11. The first-order valence-corrected chi connectivity index (χ1v) is 9.82. The predicted octanol–water partition coefficient (Wildman–Crippen LogP) is 3.78. The van der Waals surface area contributed by atoms with Gasteiger partial charge in [0, 0.05) is 24.8 Å². The number of carbonyl (C=O) groups is 1. The Morgan fingerprint density at radius 1 is 1.31 bits per heavy atom. The van der Waals surface area contributed by atoms with E-state index < -0.39 is 0 Å². The van der Waals surface area contributed by atoms with Crippen molar-refractivity contribution in [3.63, 3.8) is 0 Å². The van der Waals surface area contributed by atoms with Gasteiger partial charge in [0.25, 0.3) is 0 Å². The molecule has 0 amide bonds. The summed E-state index contributed by atoms with van der Waals surface area (Å²) in [5.41, 5.74) is 1.13. The highest BCUT2D eigenvalue weighted by molar-refractivity contribution is 5.69. The van der Waals surface area contributed by atoms with Crippen LogP contribution in [0.1, 0.15) is 52.9 Å². The van der Waals surface area contributed by atoms with Gasteiger partial charge in [0.15, 0.2) is 0 Å². The molecule has 0 saturated carbocycles. The molecule has 1 rings (SSSR count). The molecule has 5 nitrogen and oxygen atoms in total. The van der Waals surface area contributed by atoms with E-state index in [9.17, 15) is 4.79 Å². The van der Waals surface area contributed by atoms with Gasteiger partial charge in [-0.1, -0.05) is 19.4 Å². The summed E-state index contributed by atoms with van der Waals surface area (Å²) in [6.07, 6.45) is 13.2. The number of esters is 1. The van der Waals surface area contributed by atoms with Crippen LogP contribution in [0.4, 0.5) is 0 Å². The highest BCUT2D eigenvalue weighted by Gasteiger charge is 2.20. The summed E-state index contributed by atoms with van der Waals surface area (Å²) in [6, 6.07) is 0.414. The first kappa shape index (κ1) is 22.3. The van der Waals surface area contributed by atoms with Gasteiger partial charge >= 0.3 is 5.97 Å². The number of carbonyl (C=O) groups excluding carboxylic acids is 1. The second-order valence-electron chi connectivity index (χ2n) is 6.65. The molecule has 1 aliphatic rings. The number of hydrogen-bond acceptors (Lipinski definition) is 5. The van der Waals surface area contributed by atoms with Gasteiger partial charge in [-0.15, -0.1) is 0 Å². The number of allylic oxidation sites excluding steroid dienone is 5. The Hall–Kier alpha value is -1.75. The molecule has 1 fully saturated rings. The molecule has 1 unspecified atom stereocenters. The Morgan fingerprint density at radius 2 is 2.12 bits per heavy atom. The van der Waals surface area contributed by atoms with Crippen molar-refractivity contribution >= 4 is 5.97 Å². The summed E-state index contributed by atoms with van der Waals surface area (Å²) in [7, 11) is 1.70. The number of piperidine rings is 1. The average Bonchev–Trinajstić information content (AvgIpc) is 2.63. The number of likely N-dealkylation sites (tertiary alicyclic amines) is 1. The van der Waals surface area contributed by atoms with E-state index in [1.54, 1.807) is 7.11 Å². The maximum atomic E-state index is 11.5. The standard InChI is InChI=1S/C21H36N2O3/c1-5-7-8-11-20(25-4)13-12-18(3)22-19-10-9-15-23(17-19)16-14-21(24)26-6-2/h8,11-13,19,22H,5-7,9-10,14-17H2,1-4H3/b11-8+,18-12+,20-13+. The largest absolute Gasteiger partial charge is 0.497 e. The van der Waals surface area contributed by atoms with Crippen molar-refractivity contribution in [3.05, 3.63) is 35.8 Å². The number of nitrogens with one attached hydrogen (secondary N) is 1. The number of ether oxygens (including phenoxy) is 2. The molecule has 1 atom stereocenters. The van der Waals surface area contributed by atoms with Gasteiger partial charge in [0.05, 0.1) is 20.1 Å². The number of unbranched alkanes of at least 4 members (excludes halogenated alkanes) is 1. The number of hydrogen-bond donors (Lipinski definition) is 1. The van der Waals surface area contributed by atoms with Crippen LogP contribution in [0.3, 0.4) is 0 Å². The summed E-state index contributed by atoms with van der Waals surface area (Å²) in [5.74, 6) is 0.756. The fraction of sp³-hybridized carbons (Fsp3) is 0.667. The Morgan fingerprint density at radius 3 is 2.81 bits per heavy atom. The predicted molar refractivity (Wildman–Crippen MR) is 107 cm³/mol. The lowest BCUT2D eigenvalue weighted by Gasteiger charge is -2.33. The van der Waals surface area contributed by atoms with Crippen molar-refractivity contribution in [2.45, 2.75) is 58.9 Å². The van der Waals surface area contributed by atoms with E-state index in [4.69, 9.17) is 9.47 Å². The zero-order valence-corrected chi connectivity index (χ0v) is 16.9. The lowest BCUT2D eigenvalue weighted by atomic mass is 10.1. The molecule has 0 spiro atoms. The number of methoxy groups -OCH3 is 1. The van der Waals surface area contributed by atoms with Crippen LogP contribution in [0.2, 0.25) is 0 Å². The van der Waals surface area contributed by atoms with Crippen LogP contribution in [0, 0.1) is 0 Å². The third-order valence-electron chi connectivity index (χ3n) is 4.35. The lowest BCUT2D eigenvalue weighted by Crippen LogP contribution is -2.45. The Kier molecular flexibility index (Phi) is 11.5. The molecule has 5 heteroatoms. The summed E-state index contributed by atoms with van der Waals surface area (Å²) < 4.78 is 10.4. The maximum absolute atomic E-state index is 11.5. The maximum Gasteiger partial charge on any atom is 0.307 e. The molecule has 0 aromatic carbocycles. The second kappa shape index (κ2) is 13.5. The van der Waals surface area contributed by atoms with Gasteiger partial charge in [-0.2, -0.15) is 0 Å². The SMILES string of the molecule is CCC/C=C/C(=C\C=C(/C)NC1CCCN(CCC(=O)OCC)C1)OC. The van der Waals surface area contributed by atoms with Crippen molar-refractivity contribution in [2.75, 3.05) is 33.4 Å². The van der Waals surface area contributed by atoms with E-state index in [2.05, 4.69) is 36.2 Å². The fourth-order valence-electron chi connectivity index (χ4n) is 2.99. The highest BCUT2D eigenvalue weighted by atomic mass is 16.5. The minimum atomic E-state index is -0.105. The van der Waals surface area contributed by atoms with E-state index in [0.717, 1.165) is 56.8 Å². The molecule has 0 aliphatic carbocycles. The molecular formula is C21H36N2O3. The second-order valence-corrected chi connectivity index (χ2v) is 6.65. The van der Waals surface area contributed by atoms with Crippen LogP contribution < -0.4 is 5.32 Å². The van der Waals surface area contributed by atoms with Crippen molar-refractivity contribution in [3.8, 4) is 0 Å². The zero-order valence-electron chi connectivity index (χ0n) is 16.9. The first-order valence-electron chi connectivity index (χ1n) is 9.82. The van der Waals surface area contributed by atoms with Gasteiger partial charge < -0.3 is 19.7 Å². The van der Waals surface area contributed by atoms with E-state index in [-0.39, 0.29) is 5.97 Å². The molecule has 1 aliphatic heterocycles. The van der Waals surface area contributed by atoms with Gasteiger partial charge in [-0.25, -0.2) is 0 Å². The van der Waals surface area contributed by atoms with Gasteiger partial charge in [-0.05, 0) is 57.9 Å². The molecule has 1 saturated heterocycles. The minimum Gasteiger partial charge on any atom is -0.497 e. The Bertz CT molecular complexity index is 497. The minimum absolute atomic E-state index is 0.105. The monoisotopic (exact) mass is 364 g/mol. The van der Waals surface area contributed by atoms with E-state index in [1.807, 2.05) is 19.1 Å². The summed E-state index contributed by atoms with van der Waals surface area (Å²) >= 11 is 0. The summed E-state index contributed by atoms with van der Waals surface area (Å²) in [5, 5.41) is 3.59. The molecule has 0 radical (unpaired) electrons. The van der Waals surface area contributed by atoms with Crippen LogP contribution in [0.5, 0.6) is 0 Å². The lowest BCUT2D eigenvalue weighted by molar-refractivity contribution is -0.143. The number of nitrogens with zero attached hydrogens (tertiary/aromatic N) is 1. The van der Waals surface area contributed by atoms with Gasteiger partial charge in [0.2, 0.25) is 0 Å². The Balaban J connectivity index is 2.46. The zero-order chi connectivity index (χ0) is 19.2. The van der Waals surface area contributed by atoms with Gasteiger partial charge in [-0.3, -0.25) is 4.79 Å². The molecule has 26 heavy (non-hydrogen) atoms. The molecule has 0 bridgehead atoms. The molecule has 0 aromatic rings. The molecule has 0 aromatic heterocycles. The van der Waals surface area contributed by atoms with E-state index in [0.29, 0.717) is 19.1 Å². The third-order valence-corrected chi connectivity index (χ3v) is 4.35. The van der Waals surface area contributed by atoms with Crippen LogP contribution >= 0.6 is 0 Å². The van der Waals surface area contributed by atoms with Gasteiger partial charge in [0.1, 0.15) is 5.76 Å². The van der Waals surface area contributed by atoms with Crippen molar-refractivity contribution in [1.29, 1.82) is 0 Å². The van der Waals surface area contributed by atoms with Crippen LogP contribution in [0.25, 0.3) is 0 Å². The molecular weight excluding hydrogens is 328 g/mol. The normalized spacial score (nSPS) is 19.6. The smallest absolute Gasteiger partial charge is 0.307 e. The molecule has 1 N–H and O–H groups in total. The van der Waals surface area contributed by atoms with Crippen LogP contribution in [-0.2, 0) is 14.3 Å². The van der Waals surface area contributed by atoms with Crippen LogP contribution in [-0.4, -0.2) is 50.3 Å². The topological polar surface area (TPSA) is 50.8 Å². The van der Waals surface area contributed by atoms with Crippen LogP contribution in [0.15, 0.2) is 35.8 Å². The first-order chi connectivity index (χ1) is 12.6. The summed E-state index contributed by atoms with van der Waals surface area (Å²) in [6.45, 7) is 9.33.